The lowest BCUT2D eigenvalue weighted by atomic mass is 9.96. The van der Waals surface area contributed by atoms with Crippen molar-refractivity contribution in [3.05, 3.63) is 16.0 Å². The predicted molar refractivity (Wildman–Crippen MR) is 72.3 cm³/mol. The van der Waals surface area contributed by atoms with Crippen LogP contribution in [0.5, 0.6) is 0 Å². The van der Waals surface area contributed by atoms with Gasteiger partial charge in [-0.05, 0) is 31.2 Å². The summed E-state index contributed by atoms with van der Waals surface area (Å²) in [7, 11) is 0. The first-order valence-corrected chi connectivity index (χ1v) is 7.45. The Balaban J connectivity index is 2.05. The third kappa shape index (κ3) is 1.82. The van der Waals surface area contributed by atoms with Crippen LogP contribution in [0.25, 0.3) is 0 Å². The molecule has 94 valence electrons. The van der Waals surface area contributed by atoms with Gasteiger partial charge >= 0.3 is 0 Å². The molecule has 0 spiro atoms. The fourth-order valence-corrected chi connectivity index (χ4v) is 4.35. The minimum Gasteiger partial charge on any atom is -0.301 e. The van der Waals surface area contributed by atoms with Gasteiger partial charge in [0.1, 0.15) is 11.1 Å². The maximum Gasteiger partial charge on any atom is 0.229 e. The molecule has 5 heteroatoms. The van der Waals surface area contributed by atoms with E-state index in [-0.39, 0.29) is 11.3 Å². The van der Waals surface area contributed by atoms with Gasteiger partial charge in [0.25, 0.3) is 0 Å². The number of hydrogen-bond acceptors (Lipinski definition) is 3. The van der Waals surface area contributed by atoms with Crippen molar-refractivity contribution < 1.29 is 4.79 Å². The number of rotatable bonds is 1. The Kier molecular flexibility index (Phi) is 3.04. The van der Waals surface area contributed by atoms with E-state index in [1.165, 1.54) is 16.9 Å². The van der Waals surface area contributed by atoms with Crippen molar-refractivity contribution in [1.82, 2.24) is 0 Å². The summed E-state index contributed by atoms with van der Waals surface area (Å²) < 4.78 is 0. The molecule has 1 aliphatic carbocycles. The fraction of sp³-hybridized carbons (Fsp3) is 0.538. The van der Waals surface area contributed by atoms with E-state index >= 15 is 0 Å². The number of nitriles is 1. The molecule has 1 aromatic heterocycles. The summed E-state index contributed by atoms with van der Waals surface area (Å²) in [5.41, 5.74) is 1.89. The highest BCUT2D eigenvalue weighted by Gasteiger charge is 2.33. The standard InChI is InChI=1S/C13H13ClN2OS/c14-8-5-12(17)16(7-8)13-10(6-15)9-3-1-2-4-11(9)18-13/h8H,1-5,7H2. The molecule has 1 atom stereocenters. The highest BCUT2D eigenvalue weighted by Crippen LogP contribution is 2.41. The van der Waals surface area contributed by atoms with Crippen molar-refractivity contribution in [2.24, 2.45) is 0 Å². The average molecular weight is 281 g/mol. The fourth-order valence-electron chi connectivity index (χ4n) is 2.72. The zero-order valence-corrected chi connectivity index (χ0v) is 11.5. The van der Waals surface area contributed by atoms with E-state index in [1.807, 2.05) is 0 Å². The van der Waals surface area contributed by atoms with Crippen LogP contribution < -0.4 is 4.90 Å². The van der Waals surface area contributed by atoms with E-state index in [1.54, 1.807) is 16.2 Å². The van der Waals surface area contributed by atoms with Crippen LogP contribution in [-0.2, 0) is 17.6 Å². The second-order valence-electron chi connectivity index (χ2n) is 4.81. The number of aryl methyl sites for hydroxylation is 1. The van der Waals surface area contributed by atoms with Crippen molar-refractivity contribution in [3.8, 4) is 6.07 Å². The smallest absolute Gasteiger partial charge is 0.229 e. The largest absolute Gasteiger partial charge is 0.301 e. The minimum absolute atomic E-state index is 0.0464. The molecule has 18 heavy (non-hydrogen) atoms. The van der Waals surface area contributed by atoms with Gasteiger partial charge in [-0.15, -0.1) is 22.9 Å². The number of anilines is 1. The quantitative estimate of drug-likeness (QED) is 0.743. The third-order valence-corrected chi connectivity index (χ3v) is 5.19. The summed E-state index contributed by atoms with van der Waals surface area (Å²) >= 11 is 7.65. The second-order valence-corrected chi connectivity index (χ2v) is 6.51. The van der Waals surface area contributed by atoms with Crippen molar-refractivity contribution in [3.63, 3.8) is 0 Å². The molecule has 0 bridgehead atoms. The Labute approximate surface area is 115 Å². The van der Waals surface area contributed by atoms with Crippen LogP contribution in [0.3, 0.4) is 0 Å². The van der Waals surface area contributed by atoms with Crippen molar-refractivity contribution in [1.29, 1.82) is 5.26 Å². The Bertz CT molecular complexity index is 546. The first-order valence-electron chi connectivity index (χ1n) is 6.19. The van der Waals surface area contributed by atoms with Gasteiger partial charge < -0.3 is 4.90 Å². The monoisotopic (exact) mass is 280 g/mol. The third-order valence-electron chi connectivity index (χ3n) is 3.59. The molecule has 3 rings (SSSR count). The van der Waals surface area contributed by atoms with Crippen molar-refractivity contribution in [2.45, 2.75) is 37.5 Å². The molecule has 2 aliphatic rings. The lowest BCUT2D eigenvalue weighted by molar-refractivity contribution is -0.117. The van der Waals surface area contributed by atoms with Crippen LogP contribution >= 0.6 is 22.9 Å². The van der Waals surface area contributed by atoms with Crippen LogP contribution in [0, 0.1) is 11.3 Å². The normalized spacial score (nSPS) is 23.0. The molecule has 0 aromatic carbocycles. The van der Waals surface area contributed by atoms with Gasteiger partial charge in [0, 0.05) is 17.8 Å². The minimum atomic E-state index is -0.122. The molecule has 1 unspecified atom stereocenters. The average Bonchev–Trinajstić information content (AvgIpc) is 2.88. The van der Waals surface area contributed by atoms with Crippen LogP contribution in [-0.4, -0.2) is 17.8 Å². The molecule has 1 aliphatic heterocycles. The van der Waals surface area contributed by atoms with Gasteiger partial charge in [-0.1, -0.05) is 0 Å². The Morgan fingerprint density at radius 3 is 2.83 bits per heavy atom. The zero-order valence-electron chi connectivity index (χ0n) is 9.91. The van der Waals surface area contributed by atoms with E-state index in [2.05, 4.69) is 6.07 Å². The van der Waals surface area contributed by atoms with E-state index in [0.717, 1.165) is 24.3 Å². The van der Waals surface area contributed by atoms with Gasteiger partial charge in [0.2, 0.25) is 5.91 Å². The molecular weight excluding hydrogens is 268 g/mol. The van der Waals surface area contributed by atoms with Crippen LogP contribution in [0.1, 0.15) is 35.3 Å². The van der Waals surface area contributed by atoms with Crippen LogP contribution in [0.2, 0.25) is 0 Å². The van der Waals surface area contributed by atoms with Crippen LogP contribution in [0.15, 0.2) is 0 Å². The van der Waals surface area contributed by atoms with E-state index < -0.39 is 0 Å². The SMILES string of the molecule is N#Cc1c(N2CC(Cl)CC2=O)sc2c1CCCC2. The number of thiophene rings is 1. The topological polar surface area (TPSA) is 44.1 Å². The van der Waals surface area contributed by atoms with Gasteiger partial charge in [-0.2, -0.15) is 5.26 Å². The second kappa shape index (κ2) is 4.56. The number of hydrogen-bond donors (Lipinski definition) is 0. The number of alkyl halides is 1. The maximum absolute atomic E-state index is 11.9. The summed E-state index contributed by atoms with van der Waals surface area (Å²) in [6.07, 6.45) is 4.73. The zero-order chi connectivity index (χ0) is 12.7. The molecule has 0 saturated carbocycles. The lowest BCUT2D eigenvalue weighted by Gasteiger charge is -2.13. The number of amides is 1. The highest BCUT2D eigenvalue weighted by atomic mass is 35.5. The number of carbonyl (C=O) groups is 1. The Morgan fingerprint density at radius 1 is 1.39 bits per heavy atom. The van der Waals surface area contributed by atoms with E-state index in [4.69, 9.17) is 11.6 Å². The highest BCUT2D eigenvalue weighted by molar-refractivity contribution is 7.16. The first kappa shape index (κ1) is 12.0. The Morgan fingerprint density at radius 2 is 2.17 bits per heavy atom. The predicted octanol–water partition coefficient (Wildman–Crippen LogP) is 2.84. The van der Waals surface area contributed by atoms with Gasteiger partial charge in [-0.3, -0.25) is 4.79 Å². The van der Waals surface area contributed by atoms with Crippen molar-refractivity contribution >= 4 is 33.8 Å². The summed E-state index contributed by atoms with van der Waals surface area (Å²) in [6, 6.07) is 2.29. The molecule has 1 amide bonds. The molecular formula is C13H13ClN2OS. The number of fused-ring (bicyclic) bond motifs is 1. The summed E-state index contributed by atoms with van der Waals surface area (Å²) in [5.74, 6) is 0.0464. The number of carbonyl (C=O) groups excluding carboxylic acids is 1. The molecule has 1 aromatic rings. The van der Waals surface area contributed by atoms with Crippen LogP contribution in [0.4, 0.5) is 5.00 Å². The molecule has 0 N–H and O–H groups in total. The number of halogens is 1. The molecule has 3 nitrogen and oxygen atoms in total. The summed E-state index contributed by atoms with van der Waals surface area (Å²) in [6.45, 7) is 0.536. The molecule has 2 heterocycles. The van der Waals surface area contributed by atoms with Crippen molar-refractivity contribution in [2.75, 3.05) is 11.4 Å². The molecule has 1 saturated heterocycles. The van der Waals surface area contributed by atoms with Gasteiger partial charge in [0.15, 0.2) is 0 Å². The Hall–Kier alpha value is -1.05. The van der Waals surface area contributed by atoms with E-state index in [0.29, 0.717) is 18.5 Å². The first-order chi connectivity index (χ1) is 8.70. The number of nitrogens with zero attached hydrogens (tertiary/aromatic N) is 2. The lowest BCUT2D eigenvalue weighted by Crippen LogP contribution is -2.24. The maximum atomic E-state index is 11.9. The van der Waals surface area contributed by atoms with E-state index in [9.17, 15) is 10.1 Å². The summed E-state index contributed by atoms with van der Waals surface area (Å²) in [5, 5.41) is 10.1. The van der Waals surface area contributed by atoms with Gasteiger partial charge in [-0.25, -0.2) is 0 Å². The molecule has 0 radical (unpaired) electrons. The molecule has 1 fully saturated rings. The van der Waals surface area contributed by atoms with Gasteiger partial charge in [0.05, 0.1) is 10.9 Å². The summed E-state index contributed by atoms with van der Waals surface area (Å²) in [4.78, 5) is 14.9.